The van der Waals surface area contributed by atoms with E-state index in [2.05, 4.69) is 31.3 Å². The van der Waals surface area contributed by atoms with Crippen molar-refractivity contribution in [2.24, 2.45) is 0 Å². The molecular weight excluding hydrogens is 582 g/mol. The highest BCUT2D eigenvalue weighted by Gasteiger charge is 2.22. The highest BCUT2D eigenvalue weighted by molar-refractivity contribution is 5.80. The van der Waals surface area contributed by atoms with Gasteiger partial charge in [-0.25, -0.2) is 0 Å². The molecule has 0 aromatic heterocycles. The minimum atomic E-state index is -1.10. The largest absolute Gasteiger partial charge is 0.394 e. The molecule has 5 heteroatoms. The molecule has 3 unspecified atom stereocenters. The molecule has 47 heavy (non-hydrogen) atoms. The quantitative estimate of drug-likeness (QED) is 0.0393. The van der Waals surface area contributed by atoms with Crippen LogP contribution >= 0.6 is 0 Å². The SMILES string of the molecule is CCCCCCCCCCCCCCCCC/C=C/CC/C=C/C(O)C(CO)NC(=O)C(O)CCCCCCCCCCCCCC. The zero-order chi connectivity index (χ0) is 34.5. The first-order chi connectivity index (χ1) is 23.1. The zero-order valence-electron chi connectivity index (χ0n) is 31.4. The molecule has 0 saturated carbocycles. The Morgan fingerprint density at radius 3 is 1.30 bits per heavy atom. The van der Waals surface area contributed by atoms with Crippen molar-refractivity contribution >= 4 is 5.91 Å². The number of aliphatic hydroxyl groups excluding tert-OH is 3. The Morgan fingerprint density at radius 1 is 0.511 bits per heavy atom. The number of rotatable bonds is 37. The summed E-state index contributed by atoms with van der Waals surface area (Å²) in [5, 5.41) is 33.0. The van der Waals surface area contributed by atoms with E-state index in [1.54, 1.807) is 6.08 Å². The van der Waals surface area contributed by atoms with Crippen molar-refractivity contribution in [2.75, 3.05) is 6.61 Å². The Morgan fingerprint density at radius 2 is 0.872 bits per heavy atom. The molecule has 0 heterocycles. The summed E-state index contributed by atoms with van der Waals surface area (Å²) in [6.45, 7) is 4.16. The number of amides is 1. The molecule has 0 fully saturated rings. The molecule has 0 radical (unpaired) electrons. The van der Waals surface area contributed by atoms with Gasteiger partial charge in [0.25, 0.3) is 0 Å². The summed E-state index contributed by atoms with van der Waals surface area (Å²) in [5.74, 6) is -0.513. The molecule has 0 saturated heterocycles. The maximum Gasteiger partial charge on any atom is 0.249 e. The number of nitrogens with one attached hydrogen (secondary N) is 1. The summed E-state index contributed by atoms with van der Waals surface area (Å²) in [5.41, 5.74) is 0. The van der Waals surface area contributed by atoms with Crippen molar-refractivity contribution in [1.82, 2.24) is 5.32 Å². The molecular formula is C42H81NO4. The predicted molar refractivity (Wildman–Crippen MR) is 204 cm³/mol. The predicted octanol–water partition coefficient (Wildman–Crippen LogP) is 11.4. The lowest BCUT2D eigenvalue weighted by atomic mass is 10.0. The monoisotopic (exact) mass is 664 g/mol. The maximum atomic E-state index is 12.4. The van der Waals surface area contributed by atoms with Gasteiger partial charge in [0.2, 0.25) is 5.91 Å². The first kappa shape index (κ1) is 45.8. The van der Waals surface area contributed by atoms with E-state index in [0.29, 0.717) is 6.42 Å². The van der Waals surface area contributed by atoms with Crippen molar-refractivity contribution in [3.63, 3.8) is 0 Å². The molecule has 0 aliphatic heterocycles. The number of unbranched alkanes of at least 4 members (excludes halogenated alkanes) is 27. The molecule has 0 aromatic rings. The standard InChI is InChI=1S/C42H81NO4/c1-3-5-7-9-11-13-15-17-18-19-20-21-22-23-24-25-27-28-30-32-34-36-40(45)39(38-44)43-42(47)41(46)37-35-33-31-29-26-16-14-12-10-8-6-4-2/h27-28,34,36,39-41,44-46H,3-26,29-33,35,37-38H2,1-2H3,(H,43,47)/b28-27+,36-34+. The van der Waals surface area contributed by atoms with Crippen molar-refractivity contribution in [2.45, 2.75) is 231 Å². The summed E-state index contributed by atoms with van der Waals surface area (Å²) in [7, 11) is 0. The van der Waals surface area contributed by atoms with E-state index in [4.69, 9.17) is 0 Å². The number of carbonyl (C=O) groups excluding carboxylic acids is 1. The third kappa shape index (κ3) is 33.1. The summed E-state index contributed by atoms with van der Waals surface area (Å²) < 4.78 is 0. The van der Waals surface area contributed by atoms with Crippen LogP contribution in [0.2, 0.25) is 0 Å². The van der Waals surface area contributed by atoms with Crippen LogP contribution in [0.3, 0.4) is 0 Å². The number of aliphatic hydroxyl groups is 3. The van der Waals surface area contributed by atoms with Crippen LogP contribution < -0.4 is 5.32 Å². The minimum Gasteiger partial charge on any atom is -0.394 e. The second-order valence-corrected chi connectivity index (χ2v) is 14.2. The molecule has 3 atom stereocenters. The number of allylic oxidation sites excluding steroid dienone is 3. The van der Waals surface area contributed by atoms with Gasteiger partial charge in [-0.15, -0.1) is 0 Å². The third-order valence-electron chi connectivity index (χ3n) is 9.54. The fourth-order valence-electron chi connectivity index (χ4n) is 6.26. The summed E-state index contributed by atoms with van der Waals surface area (Å²) in [6.07, 6.45) is 44.9. The van der Waals surface area contributed by atoms with E-state index < -0.39 is 24.2 Å². The molecule has 0 aromatic carbocycles. The highest BCUT2D eigenvalue weighted by atomic mass is 16.3. The lowest BCUT2D eigenvalue weighted by molar-refractivity contribution is -0.131. The second kappa shape index (κ2) is 37.6. The summed E-state index contributed by atoms with van der Waals surface area (Å²) in [6, 6.07) is -0.809. The van der Waals surface area contributed by atoms with E-state index in [0.717, 1.165) is 38.5 Å². The number of hydrogen-bond donors (Lipinski definition) is 4. The molecule has 0 bridgehead atoms. The van der Waals surface area contributed by atoms with Gasteiger partial charge in [0.05, 0.1) is 18.8 Å². The van der Waals surface area contributed by atoms with Gasteiger partial charge in [-0.05, 0) is 32.1 Å². The Balaban J connectivity index is 3.71. The fourth-order valence-corrected chi connectivity index (χ4v) is 6.26. The van der Waals surface area contributed by atoms with Gasteiger partial charge < -0.3 is 20.6 Å². The topological polar surface area (TPSA) is 89.8 Å². The first-order valence-electron chi connectivity index (χ1n) is 20.7. The van der Waals surface area contributed by atoms with Crippen LogP contribution in [0.25, 0.3) is 0 Å². The lowest BCUT2D eigenvalue weighted by Crippen LogP contribution is -2.48. The lowest BCUT2D eigenvalue weighted by Gasteiger charge is -2.21. The van der Waals surface area contributed by atoms with Crippen LogP contribution in [0.5, 0.6) is 0 Å². The van der Waals surface area contributed by atoms with Crippen LogP contribution in [0, 0.1) is 0 Å². The molecule has 278 valence electrons. The molecule has 0 aliphatic carbocycles. The Kier molecular flexibility index (Phi) is 36.7. The second-order valence-electron chi connectivity index (χ2n) is 14.2. The molecule has 0 rings (SSSR count). The van der Waals surface area contributed by atoms with Gasteiger partial charge in [0, 0.05) is 0 Å². The normalized spacial score (nSPS) is 13.9. The van der Waals surface area contributed by atoms with Gasteiger partial charge in [-0.3, -0.25) is 4.79 Å². The third-order valence-corrected chi connectivity index (χ3v) is 9.54. The van der Waals surface area contributed by atoms with Crippen molar-refractivity contribution < 1.29 is 20.1 Å². The zero-order valence-corrected chi connectivity index (χ0v) is 31.4. The van der Waals surface area contributed by atoms with Gasteiger partial charge in [-0.2, -0.15) is 0 Å². The molecule has 1 amide bonds. The van der Waals surface area contributed by atoms with Gasteiger partial charge in [0.15, 0.2) is 0 Å². The Bertz CT molecular complexity index is 694. The highest BCUT2D eigenvalue weighted by Crippen LogP contribution is 2.15. The first-order valence-corrected chi connectivity index (χ1v) is 20.7. The van der Waals surface area contributed by atoms with Gasteiger partial charge in [-0.1, -0.05) is 205 Å². The fraction of sp³-hybridized carbons (Fsp3) is 0.881. The van der Waals surface area contributed by atoms with E-state index in [-0.39, 0.29) is 6.61 Å². The van der Waals surface area contributed by atoms with Crippen LogP contribution in [0.4, 0.5) is 0 Å². The summed E-state index contributed by atoms with van der Waals surface area (Å²) >= 11 is 0. The number of carbonyl (C=O) groups is 1. The van der Waals surface area contributed by atoms with Crippen LogP contribution in [-0.4, -0.2) is 46.1 Å². The Hall–Kier alpha value is -1.17. The van der Waals surface area contributed by atoms with Crippen molar-refractivity contribution in [3.8, 4) is 0 Å². The molecule has 5 nitrogen and oxygen atoms in total. The van der Waals surface area contributed by atoms with Crippen molar-refractivity contribution in [3.05, 3.63) is 24.3 Å². The van der Waals surface area contributed by atoms with Gasteiger partial charge >= 0.3 is 0 Å². The minimum absolute atomic E-state index is 0.373. The molecule has 0 aliphatic rings. The van der Waals surface area contributed by atoms with E-state index in [1.807, 2.05) is 6.08 Å². The van der Waals surface area contributed by atoms with Crippen LogP contribution in [0.15, 0.2) is 24.3 Å². The van der Waals surface area contributed by atoms with E-state index in [1.165, 1.54) is 154 Å². The molecule has 4 N–H and O–H groups in total. The summed E-state index contributed by atoms with van der Waals surface area (Å²) in [4.78, 5) is 12.4. The van der Waals surface area contributed by atoms with Crippen LogP contribution in [-0.2, 0) is 4.79 Å². The average molecular weight is 664 g/mol. The van der Waals surface area contributed by atoms with E-state index in [9.17, 15) is 20.1 Å². The molecule has 0 spiro atoms. The van der Waals surface area contributed by atoms with E-state index >= 15 is 0 Å². The van der Waals surface area contributed by atoms with Crippen molar-refractivity contribution in [1.29, 1.82) is 0 Å². The maximum absolute atomic E-state index is 12.4. The van der Waals surface area contributed by atoms with Gasteiger partial charge in [0.1, 0.15) is 6.10 Å². The smallest absolute Gasteiger partial charge is 0.249 e. The van der Waals surface area contributed by atoms with Crippen LogP contribution in [0.1, 0.15) is 213 Å². The average Bonchev–Trinajstić information content (AvgIpc) is 3.07. The number of hydrogen-bond acceptors (Lipinski definition) is 4. The Labute approximate surface area is 292 Å².